The molecule has 2 saturated heterocycles. The van der Waals surface area contributed by atoms with E-state index in [1.54, 1.807) is 0 Å². The maximum Gasteiger partial charge on any atom is 0.172 e. The van der Waals surface area contributed by atoms with Crippen LogP contribution in [0.3, 0.4) is 0 Å². The molecule has 148 valence electrons. The first-order valence-corrected chi connectivity index (χ1v) is 9.58. The van der Waals surface area contributed by atoms with Gasteiger partial charge in [-0.1, -0.05) is 33.6 Å². The second kappa shape index (κ2) is 9.11. The highest BCUT2D eigenvalue weighted by Crippen LogP contribution is 2.36. The van der Waals surface area contributed by atoms with Gasteiger partial charge in [-0.05, 0) is 5.92 Å². The molecular weight excluding hydrogens is 324 g/mol. The molecule has 2 N–H and O–H groups in total. The summed E-state index contributed by atoms with van der Waals surface area (Å²) in [7, 11) is 0. The first-order valence-electron chi connectivity index (χ1n) is 9.58. The lowest BCUT2D eigenvalue weighted by molar-refractivity contribution is -0.318. The molecule has 25 heavy (non-hydrogen) atoms. The molecule has 2 rings (SSSR count). The molecule has 6 heteroatoms. The first kappa shape index (κ1) is 21.1. The molecule has 2 heterocycles. The van der Waals surface area contributed by atoms with Crippen molar-refractivity contribution < 1.29 is 29.2 Å². The minimum atomic E-state index is -0.692. The van der Waals surface area contributed by atoms with Gasteiger partial charge in [0.25, 0.3) is 0 Å². The molecule has 2 aliphatic rings. The molecule has 1 unspecified atom stereocenters. The molecule has 0 aliphatic carbocycles. The van der Waals surface area contributed by atoms with E-state index in [4.69, 9.17) is 18.9 Å². The third-order valence-electron chi connectivity index (χ3n) is 5.86. The van der Waals surface area contributed by atoms with E-state index in [9.17, 15) is 10.2 Å². The van der Waals surface area contributed by atoms with Crippen LogP contribution in [0.15, 0.2) is 0 Å². The third kappa shape index (κ3) is 5.15. The van der Waals surface area contributed by atoms with Gasteiger partial charge in [0.15, 0.2) is 5.79 Å². The monoisotopic (exact) mass is 360 g/mol. The molecule has 0 aromatic carbocycles. The predicted octanol–water partition coefficient (Wildman–Crippen LogP) is 1.97. The van der Waals surface area contributed by atoms with Crippen molar-refractivity contribution in [1.29, 1.82) is 0 Å². The van der Waals surface area contributed by atoms with Crippen LogP contribution in [-0.4, -0.2) is 68.9 Å². The number of aliphatic hydroxyl groups excluding tert-OH is 2. The SMILES string of the molecule is CCCC(C)C1(CO)COCCC2(CCOC1)OCC(C)(CO)CO2. The van der Waals surface area contributed by atoms with E-state index in [-0.39, 0.29) is 24.0 Å². The average Bonchev–Trinajstić information content (AvgIpc) is 2.63. The average molecular weight is 360 g/mol. The lowest BCUT2D eigenvalue weighted by atomic mass is 9.76. The van der Waals surface area contributed by atoms with Crippen molar-refractivity contribution >= 4 is 0 Å². The fraction of sp³-hybridized carbons (Fsp3) is 1.00. The second-order valence-corrected chi connectivity index (χ2v) is 8.27. The van der Waals surface area contributed by atoms with Crippen LogP contribution in [0.2, 0.25) is 0 Å². The van der Waals surface area contributed by atoms with Gasteiger partial charge in [-0.25, -0.2) is 0 Å². The van der Waals surface area contributed by atoms with Crippen LogP contribution < -0.4 is 0 Å². The Bertz CT molecular complexity index is 377. The molecule has 0 saturated carbocycles. The first-order chi connectivity index (χ1) is 11.9. The molecule has 1 spiro atoms. The van der Waals surface area contributed by atoms with Crippen LogP contribution in [0.25, 0.3) is 0 Å². The predicted molar refractivity (Wildman–Crippen MR) is 94.3 cm³/mol. The van der Waals surface area contributed by atoms with E-state index in [0.717, 1.165) is 12.8 Å². The molecule has 0 radical (unpaired) electrons. The summed E-state index contributed by atoms with van der Waals surface area (Å²) in [6.07, 6.45) is 3.38. The Kier molecular flexibility index (Phi) is 7.67. The highest BCUT2D eigenvalue weighted by atomic mass is 16.7. The minimum Gasteiger partial charge on any atom is -0.396 e. The van der Waals surface area contributed by atoms with E-state index in [1.165, 1.54) is 0 Å². The summed E-state index contributed by atoms with van der Waals surface area (Å²) >= 11 is 0. The quantitative estimate of drug-likeness (QED) is 0.781. The number of hydrogen-bond donors (Lipinski definition) is 2. The topological polar surface area (TPSA) is 77.4 Å². The lowest BCUT2D eigenvalue weighted by Crippen LogP contribution is -2.52. The fourth-order valence-corrected chi connectivity index (χ4v) is 3.52. The zero-order chi connectivity index (χ0) is 18.4. The van der Waals surface area contributed by atoms with Crippen molar-refractivity contribution in [2.75, 3.05) is 52.9 Å². The highest BCUT2D eigenvalue weighted by Gasteiger charge is 2.43. The number of hydrogen-bond acceptors (Lipinski definition) is 6. The molecule has 2 fully saturated rings. The van der Waals surface area contributed by atoms with Crippen molar-refractivity contribution in [2.24, 2.45) is 16.7 Å². The van der Waals surface area contributed by atoms with Gasteiger partial charge in [-0.3, -0.25) is 0 Å². The zero-order valence-electron chi connectivity index (χ0n) is 16.1. The molecule has 6 nitrogen and oxygen atoms in total. The maximum absolute atomic E-state index is 10.0. The van der Waals surface area contributed by atoms with Gasteiger partial charge in [0.2, 0.25) is 0 Å². The summed E-state index contributed by atoms with van der Waals surface area (Å²) in [5, 5.41) is 19.5. The summed E-state index contributed by atoms with van der Waals surface area (Å²) < 4.78 is 23.9. The highest BCUT2D eigenvalue weighted by molar-refractivity contribution is 4.86. The lowest BCUT2D eigenvalue weighted by Gasteiger charge is -2.45. The van der Waals surface area contributed by atoms with Crippen molar-refractivity contribution in [2.45, 2.75) is 52.2 Å². The van der Waals surface area contributed by atoms with E-state index < -0.39 is 5.79 Å². The molecule has 2 aliphatic heterocycles. The normalized spacial score (nSPS) is 39.2. The van der Waals surface area contributed by atoms with Crippen LogP contribution in [0.5, 0.6) is 0 Å². The number of rotatable bonds is 5. The van der Waals surface area contributed by atoms with Gasteiger partial charge < -0.3 is 29.2 Å². The summed E-state index contributed by atoms with van der Waals surface area (Å²) in [6.45, 7) is 9.35. The Hall–Kier alpha value is -0.240. The van der Waals surface area contributed by atoms with Crippen LogP contribution in [0.1, 0.15) is 46.5 Å². The second-order valence-electron chi connectivity index (χ2n) is 8.27. The smallest absolute Gasteiger partial charge is 0.172 e. The number of aliphatic hydroxyl groups is 2. The third-order valence-corrected chi connectivity index (χ3v) is 5.86. The Morgan fingerprint density at radius 2 is 1.48 bits per heavy atom. The Labute approximate surface area is 151 Å². The molecule has 0 aromatic heterocycles. The van der Waals surface area contributed by atoms with Gasteiger partial charge in [-0.2, -0.15) is 0 Å². The van der Waals surface area contributed by atoms with Crippen LogP contribution in [-0.2, 0) is 18.9 Å². The Morgan fingerprint density at radius 3 is 1.92 bits per heavy atom. The molecule has 0 amide bonds. The van der Waals surface area contributed by atoms with Crippen molar-refractivity contribution in [1.82, 2.24) is 0 Å². The van der Waals surface area contributed by atoms with Crippen LogP contribution in [0.4, 0.5) is 0 Å². The summed E-state index contributed by atoms with van der Waals surface area (Å²) in [6, 6.07) is 0. The molecular formula is C19H36O6. The van der Waals surface area contributed by atoms with Gasteiger partial charge in [-0.15, -0.1) is 0 Å². The zero-order valence-corrected chi connectivity index (χ0v) is 16.1. The van der Waals surface area contributed by atoms with E-state index >= 15 is 0 Å². The van der Waals surface area contributed by atoms with Gasteiger partial charge in [0.05, 0.1) is 52.9 Å². The molecule has 1 atom stereocenters. The van der Waals surface area contributed by atoms with Crippen molar-refractivity contribution in [3.63, 3.8) is 0 Å². The Balaban J connectivity index is 1.96. The van der Waals surface area contributed by atoms with Crippen LogP contribution in [0, 0.1) is 16.7 Å². The maximum atomic E-state index is 10.0. The van der Waals surface area contributed by atoms with Crippen molar-refractivity contribution in [3.05, 3.63) is 0 Å². The van der Waals surface area contributed by atoms with E-state index in [0.29, 0.717) is 58.4 Å². The van der Waals surface area contributed by atoms with E-state index in [1.807, 2.05) is 6.92 Å². The molecule has 0 bridgehead atoms. The summed E-state index contributed by atoms with van der Waals surface area (Å²) in [5.74, 6) is -0.355. The minimum absolute atomic E-state index is 0.0460. The summed E-state index contributed by atoms with van der Waals surface area (Å²) in [5.41, 5.74) is -0.686. The van der Waals surface area contributed by atoms with E-state index in [2.05, 4.69) is 13.8 Å². The standard InChI is InChI=1S/C19H36O6/c1-4-5-16(2)18(11-21)14-22-8-6-19(7-9-23-15-18)24-12-17(3,10-20)13-25-19/h16,20-21H,4-15H2,1-3H3. The summed E-state index contributed by atoms with van der Waals surface area (Å²) in [4.78, 5) is 0. The van der Waals surface area contributed by atoms with Crippen molar-refractivity contribution in [3.8, 4) is 0 Å². The van der Waals surface area contributed by atoms with Gasteiger partial charge >= 0.3 is 0 Å². The largest absolute Gasteiger partial charge is 0.396 e. The molecule has 0 aromatic rings. The Morgan fingerprint density at radius 1 is 0.920 bits per heavy atom. The number of ether oxygens (including phenoxy) is 4. The fourth-order valence-electron chi connectivity index (χ4n) is 3.52. The van der Waals surface area contributed by atoms with Crippen LogP contribution >= 0.6 is 0 Å². The van der Waals surface area contributed by atoms with Gasteiger partial charge in [0, 0.05) is 23.7 Å². The van der Waals surface area contributed by atoms with Gasteiger partial charge in [0.1, 0.15) is 0 Å².